The zero-order valence-electron chi connectivity index (χ0n) is 17.2. The molecule has 2 aromatic rings. The lowest BCUT2D eigenvalue weighted by molar-refractivity contribution is -0.139. The van der Waals surface area contributed by atoms with E-state index >= 15 is 0 Å². The molecule has 0 saturated heterocycles. The summed E-state index contributed by atoms with van der Waals surface area (Å²) < 4.78 is 10.9. The highest BCUT2D eigenvalue weighted by Gasteiger charge is 2.44. The van der Waals surface area contributed by atoms with Crippen LogP contribution >= 0.6 is 55.1 Å². The fraction of sp³-hybridized carbons (Fsp3) is 0.136. The minimum atomic E-state index is -0.988. The Morgan fingerprint density at radius 3 is 2.21 bits per heavy atom. The molecule has 11 heteroatoms. The van der Waals surface area contributed by atoms with Crippen molar-refractivity contribution in [3.63, 3.8) is 0 Å². The van der Waals surface area contributed by atoms with Crippen LogP contribution in [0.3, 0.4) is 0 Å². The summed E-state index contributed by atoms with van der Waals surface area (Å²) in [6.45, 7) is 0. The van der Waals surface area contributed by atoms with Crippen molar-refractivity contribution in [1.29, 1.82) is 5.26 Å². The molecule has 0 aromatic heterocycles. The highest BCUT2D eigenvalue weighted by Crippen LogP contribution is 2.49. The van der Waals surface area contributed by atoms with Crippen molar-refractivity contribution < 1.29 is 19.1 Å². The summed E-state index contributed by atoms with van der Waals surface area (Å²) in [4.78, 5) is 27.3. The Kier molecular flexibility index (Phi) is 7.75. The Hall–Kier alpha value is -2.51. The van der Waals surface area contributed by atoms with Gasteiger partial charge in [0.15, 0.2) is 0 Å². The number of anilines is 1. The summed E-state index contributed by atoms with van der Waals surface area (Å²) in [5.41, 5.74) is 6.78. The van der Waals surface area contributed by atoms with Gasteiger partial charge in [-0.3, -0.25) is 4.90 Å². The van der Waals surface area contributed by atoms with Crippen molar-refractivity contribution in [1.82, 2.24) is 0 Å². The van der Waals surface area contributed by atoms with Crippen LogP contribution in [0.25, 0.3) is 0 Å². The van der Waals surface area contributed by atoms with E-state index in [2.05, 4.69) is 37.9 Å². The van der Waals surface area contributed by atoms with E-state index in [0.717, 1.165) is 7.11 Å². The molecule has 1 aliphatic heterocycles. The Morgan fingerprint density at radius 1 is 1.06 bits per heavy atom. The average Bonchev–Trinajstić information content (AvgIpc) is 2.82. The quantitative estimate of drug-likeness (QED) is 0.278. The van der Waals surface area contributed by atoms with Crippen molar-refractivity contribution in [2.45, 2.75) is 5.92 Å². The molecule has 170 valence electrons. The van der Waals surface area contributed by atoms with Gasteiger partial charge >= 0.3 is 11.9 Å². The minimum Gasteiger partial charge on any atom is -0.466 e. The zero-order chi connectivity index (χ0) is 24.4. The van der Waals surface area contributed by atoms with Crippen LogP contribution in [-0.4, -0.2) is 26.2 Å². The predicted molar refractivity (Wildman–Crippen MR) is 131 cm³/mol. The number of rotatable bonds is 4. The molecule has 2 aromatic carbocycles. The van der Waals surface area contributed by atoms with Gasteiger partial charge in [0.25, 0.3) is 0 Å². The monoisotopic (exact) mass is 613 g/mol. The van der Waals surface area contributed by atoms with Crippen LogP contribution < -0.4 is 10.6 Å². The second-order valence-electron chi connectivity index (χ2n) is 6.65. The number of hydrogen-bond donors (Lipinski definition) is 1. The maximum Gasteiger partial charge on any atom is 0.355 e. The van der Waals surface area contributed by atoms with Crippen LogP contribution in [0.1, 0.15) is 11.5 Å². The van der Waals surface area contributed by atoms with E-state index < -0.39 is 17.9 Å². The molecule has 1 unspecified atom stereocenters. The van der Waals surface area contributed by atoms with E-state index in [1.807, 2.05) is 0 Å². The van der Waals surface area contributed by atoms with E-state index in [1.54, 1.807) is 36.4 Å². The third-order valence-electron chi connectivity index (χ3n) is 4.92. The summed E-state index contributed by atoms with van der Waals surface area (Å²) in [6, 6.07) is 12.3. The number of esters is 2. The molecule has 1 atom stereocenters. The van der Waals surface area contributed by atoms with Gasteiger partial charge in [-0.2, -0.15) is 5.26 Å². The molecule has 0 radical (unpaired) electrons. The molecule has 0 spiro atoms. The lowest BCUT2D eigenvalue weighted by Gasteiger charge is -2.36. The number of nitrogens with zero attached hydrogens (tertiary/aromatic N) is 2. The highest BCUT2D eigenvalue weighted by atomic mass is 79.9. The fourth-order valence-electron chi connectivity index (χ4n) is 3.51. The van der Waals surface area contributed by atoms with Crippen LogP contribution in [-0.2, 0) is 19.1 Å². The van der Waals surface area contributed by atoms with Gasteiger partial charge in [-0.1, -0.05) is 53.5 Å². The van der Waals surface area contributed by atoms with Crippen molar-refractivity contribution >= 4 is 72.7 Å². The SMILES string of the molecule is COC(=O)C1=C(C(=O)OC)N(c2c(Br)cc(Br)c(Cl)c2Cl)C(N)=C(C#N)C1c1ccccc1. The van der Waals surface area contributed by atoms with E-state index in [4.69, 9.17) is 38.4 Å². The first kappa shape index (κ1) is 25.1. The maximum atomic E-state index is 13.1. The normalized spacial score (nSPS) is 15.9. The zero-order valence-corrected chi connectivity index (χ0v) is 21.8. The van der Waals surface area contributed by atoms with Gasteiger partial charge in [0, 0.05) is 8.95 Å². The largest absolute Gasteiger partial charge is 0.466 e. The van der Waals surface area contributed by atoms with E-state index in [-0.39, 0.29) is 38.4 Å². The third-order valence-corrected chi connectivity index (χ3v) is 7.24. The van der Waals surface area contributed by atoms with Crippen LogP contribution in [0.4, 0.5) is 5.69 Å². The first-order valence-electron chi connectivity index (χ1n) is 9.18. The molecule has 0 bridgehead atoms. The number of allylic oxidation sites excluding steroid dienone is 1. The Balaban J connectivity index is 2.50. The van der Waals surface area contributed by atoms with Crippen LogP contribution in [0.15, 0.2) is 68.0 Å². The summed E-state index contributed by atoms with van der Waals surface area (Å²) in [5.74, 6) is -2.85. The number of hydrogen-bond acceptors (Lipinski definition) is 7. The fourth-order valence-corrected chi connectivity index (χ4v) is 5.51. The maximum absolute atomic E-state index is 13.1. The van der Waals surface area contributed by atoms with Gasteiger partial charge in [-0.05, 0) is 43.5 Å². The van der Waals surface area contributed by atoms with E-state index in [0.29, 0.717) is 14.5 Å². The van der Waals surface area contributed by atoms with Gasteiger partial charge in [0.1, 0.15) is 11.5 Å². The molecular weight excluding hydrogens is 601 g/mol. The number of ether oxygens (including phenoxy) is 2. The van der Waals surface area contributed by atoms with Gasteiger partial charge in [-0.25, -0.2) is 9.59 Å². The third kappa shape index (κ3) is 4.36. The second kappa shape index (κ2) is 10.2. The Labute approximate surface area is 216 Å². The molecule has 0 fully saturated rings. The average molecular weight is 616 g/mol. The molecule has 0 aliphatic carbocycles. The number of nitrogens with two attached hydrogens (primary N) is 1. The molecule has 1 aliphatic rings. The molecule has 0 amide bonds. The van der Waals surface area contributed by atoms with Crippen molar-refractivity contribution in [2.24, 2.45) is 5.73 Å². The summed E-state index contributed by atoms with van der Waals surface area (Å²) >= 11 is 19.6. The van der Waals surface area contributed by atoms with Gasteiger partial charge in [0.2, 0.25) is 0 Å². The topological polar surface area (TPSA) is 106 Å². The van der Waals surface area contributed by atoms with Gasteiger partial charge in [-0.15, -0.1) is 0 Å². The van der Waals surface area contributed by atoms with Gasteiger partial charge < -0.3 is 15.2 Å². The minimum absolute atomic E-state index is 0.0104. The van der Waals surface area contributed by atoms with Crippen molar-refractivity contribution in [3.05, 3.63) is 83.6 Å². The first-order valence-corrected chi connectivity index (χ1v) is 11.5. The van der Waals surface area contributed by atoms with Crippen molar-refractivity contribution in [2.75, 3.05) is 19.1 Å². The Bertz CT molecular complexity index is 1260. The molecule has 33 heavy (non-hydrogen) atoms. The molecule has 1 heterocycles. The number of carbonyl (C=O) groups is 2. The standard InChI is InChI=1S/C22H15Br2Cl2N3O4/c1-32-21(30)15-14(10-6-4-3-5-7-10)11(9-27)20(28)29(19(15)22(31)33-2)18-13(24)8-12(23)16(25)17(18)26/h3-8,14H,28H2,1-2H3. The van der Waals surface area contributed by atoms with Gasteiger partial charge in [0.05, 0.1) is 53.1 Å². The lowest BCUT2D eigenvalue weighted by Crippen LogP contribution is -2.41. The van der Waals surface area contributed by atoms with E-state index in [1.165, 1.54) is 12.0 Å². The summed E-state index contributed by atoms with van der Waals surface area (Å²) in [5, 5.41) is 10.2. The first-order chi connectivity index (χ1) is 15.7. The van der Waals surface area contributed by atoms with Crippen LogP contribution in [0.5, 0.6) is 0 Å². The number of carbonyl (C=O) groups excluding carboxylic acids is 2. The predicted octanol–water partition coefficient (Wildman–Crippen LogP) is 5.42. The number of benzene rings is 2. The number of nitriles is 1. The second-order valence-corrected chi connectivity index (χ2v) is 9.12. The van der Waals surface area contributed by atoms with Crippen LogP contribution in [0, 0.1) is 11.3 Å². The highest BCUT2D eigenvalue weighted by molar-refractivity contribution is 9.11. The molecule has 7 nitrogen and oxygen atoms in total. The Morgan fingerprint density at radius 2 is 1.67 bits per heavy atom. The van der Waals surface area contributed by atoms with E-state index in [9.17, 15) is 14.9 Å². The van der Waals surface area contributed by atoms with Crippen LogP contribution in [0.2, 0.25) is 10.0 Å². The number of halogens is 4. The lowest BCUT2D eigenvalue weighted by atomic mass is 9.81. The molecule has 2 N–H and O–H groups in total. The molecule has 0 saturated carbocycles. The van der Waals surface area contributed by atoms with Crippen molar-refractivity contribution in [3.8, 4) is 6.07 Å². The number of methoxy groups -OCH3 is 2. The summed E-state index contributed by atoms with van der Waals surface area (Å²) in [7, 11) is 2.33. The smallest absolute Gasteiger partial charge is 0.355 e. The molecular formula is C22H15Br2Cl2N3O4. The summed E-state index contributed by atoms with van der Waals surface area (Å²) in [6.07, 6.45) is 0. The molecule has 3 rings (SSSR count).